The highest BCUT2D eigenvalue weighted by molar-refractivity contribution is 5.92. The molecule has 4 N–H and O–H groups in total. The number of benzene rings is 1. The van der Waals surface area contributed by atoms with Crippen LogP contribution in [0.4, 0.5) is 11.4 Å². The first kappa shape index (κ1) is 16.8. The number of carbonyl (C=O) groups excluding carboxylic acids is 2. The fourth-order valence-corrected chi connectivity index (χ4v) is 1.67. The lowest BCUT2D eigenvalue weighted by atomic mass is 10.1. The Hall–Kier alpha value is -2.24. The molecule has 0 aliphatic heterocycles. The second-order valence-electron chi connectivity index (χ2n) is 5.17. The monoisotopic (exact) mass is 293 g/mol. The zero-order valence-corrected chi connectivity index (χ0v) is 12.7. The number of methoxy groups -OCH3 is 1. The topological polar surface area (TPSA) is 93.4 Å². The van der Waals surface area contributed by atoms with E-state index >= 15 is 0 Å². The van der Waals surface area contributed by atoms with E-state index in [-0.39, 0.29) is 5.91 Å². The van der Waals surface area contributed by atoms with Crippen molar-refractivity contribution in [3.05, 3.63) is 23.8 Å². The Bertz CT molecular complexity index is 501. The molecule has 1 rings (SSSR count). The van der Waals surface area contributed by atoms with Gasteiger partial charge in [0.25, 0.3) is 0 Å². The second kappa shape index (κ2) is 8.14. The fraction of sp³-hybridized carbons (Fsp3) is 0.467. The molecule has 6 heteroatoms. The molecule has 0 aliphatic rings. The number of hydrogen-bond donors (Lipinski definition) is 3. The van der Waals surface area contributed by atoms with Gasteiger partial charge in [-0.2, -0.15) is 0 Å². The number of ether oxygens (including phenoxy) is 1. The molecular formula is C15H23N3O3. The summed E-state index contributed by atoms with van der Waals surface area (Å²) in [7, 11) is 1.32. The number of hydrogen-bond acceptors (Lipinski definition) is 5. The highest BCUT2D eigenvalue weighted by Gasteiger charge is 2.09. The summed E-state index contributed by atoms with van der Waals surface area (Å²) < 4.78 is 4.66. The maximum Gasteiger partial charge on any atom is 0.337 e. The van der Waals surface area contributed by atoms with Gasteiger partial charge in [0, 0.05) is 19.5 Å². The molecule has 0 unspecified atom stereocenters. The summed E-state index contributed by atoms with van der Waals surface area (Å²) in [5.41, 5.74) is 7.39. The Labute approximate surface area is 125 Å². The molecule has 116 valence electrons. The minimum Gasteiger partial charge on any atom is -0.465 e. The van der Waals surface area contributed by atoms with Crippen molar-refractivity contribution in [2.45, 2.75) is 20.3 Å². The van der Waals surface area contributed by atoms with Gasteiger partial charge in [-0.1, -0.05) is 13.8 Å². The third-order valence-electron chi connectivity index (χ3n) is 2.85. The van der Waals surface area contributed by atoms with Crippen LogP contribution in [0, 0.1) is 5.92 Å². The van der Waals surface area contributed by atoms with Crippen molar-refractivity contribution in [1.82, 2.24) is 5.32 Å². The minimum absolute atomic E-state index is 0.0149. The number of anilines is 2. The first-order valence-electron chi connectivity index (χ1n) is 6.92. The number of nitrogens with one attached hydrogen (secondary N) is 2. The summed E-state index contributed by atoms with van der Waals surface area (Å²) in [6.45, 7) is 5.19. The van der Waals surface area contributed by atoms with E-state index in [0.29, 0.717) is 42.4 Å². The van der Waals surface area contributed by atoms with E-state index < -0.39 is 5.97 Å². The number of esters is 1. The van der Waals surface area contributed by atoms with E-state index in [1.807, 2.05) is 13.8 Å². The highest BCUT2D eigenvalue weighted by atomic mass is 16.5. The number of nitrogens with two attached hydrogens (primary N) is 1. The Morgan fingerprint density at radius 3 is 2.67 bits per heavy atom. The van der Waals surface area contributed by atoms with Crippen LogP contribution in [0.15, 0.2) is 18.2 Å². The van der Waals surface area contributed by atoms with Crippen LogP contribution in [0.2, 0.25) is 0 Å². The van der Waals surface area contributed by atoms with E-state index in [1.165, 1.54) is 7.11 Å². The lowest BCUT2D eigenvalue weighted by Gasteiger charge is -2.11. The van der Waals surface area contributed by atoms with Crippen molar-refractivity contribution >= 4 is 23.3 Å². The van der Waals surface area contributed by atoms with E-state index in [1.54, 1.807) is 18.2 Å². The molecule has 0 spiro atoms. The fourth-order valence-electron chi connectivity index (χ4n) is 1.67. The molecule has 0 saturated carbocycles. The number of rotatable bonds is 7. The third-order valence-corrected chi connectivity index (χ3v) is 2.85. The van der Waals surface area contributed by atoms with Crippen molar-refractivity contribution < 1.29 is 14.3 Å². The zero-order chi connectivity index (χ0) is 15.8. The van der Waals surface area contributed by atoms with Crippen LogP contribution in [0.3, 0.4) is 0 Å². The molecule has 0 radical (unpaired) electrons. The van der Waals surface area contributed by atoms with Gasteiger partial charge in [-0.05, 0) is 24.1 Å². The largest absolute Gasteiger partial charge is 0.465 e. The number of carbonyl (C=O) groups is 2. The Balaban J connectivity index is 2.51. The van der Waals surface area contributed by atoms with Crippen molar-refractivity contribution in [3.8, 4) is 0 Å². The van der Waals surface area contributed by atoms with E-state index in [4.69, 9.17) is 5.73 Å². The summed E-state index contributed by atoms with van der Waals surface area (Å²) in [6, 6.07) is 4.85. The molecule has 0 saturated heterocycles. The molecule has 6 nitrogen and oxygen atoms in total. The highest BCUT2D eigenvalue weighted by Crippen LogP contribution is 2.20. The first-order valence-corrected chi connectivity index (χ1v) is 6.92. The van der Waals surface area contributed by atoms with Crippen LogP contribution < -0.4 is 16.4 Å². The van der Waals surface area contributed by atoms with Gasteiger partial charge in [-0.25, -0.2) is 4.79 Å². The average molecular weight is 293 g/mol. The molecule has 0 atom stereocenters. The van der Waals surface area contributed by atoms with Crippen LogP contribution in [0.25, 0.3) is 0 Å². The summed E-state index contributed by atoms with van der Waals surface area (Å²) >= 11 is 0. The molecule has 0 heterocycles. The average Bonchev–Trinajstić information content (AvgIpc) is 2.46. The summed E-state index contributed by atoms with van der Waals surface area (Å²) in [6.07, 6.45) is 0.342. The second-order valence-corrected chi connectivity index (χ2v) is 5.17. The van der Waals surface area contributed by atoms with Crippen molar-refractivity contribution in [1.29, 1.82) is 0 Å². The Morgan fingerprint density at radius 1 is 1.33 bits per heavy atom. The van der Waals surface area contributed by atoms with E-state index in [2.05, 4.69) is 15.4 Å². The number of amides is 1. The SMILES string of the molecule is COC(=O)c1ccc(N)c(NCCC(=O)NCC(C)C)c1. The molecular weight excluding hydrogens is 270 g/mol. The zero-order valence-electron chi connectivity index (χ0n) is 12.7. The lowest BCUT2D eigenvalue weighted by molar-refractivity contribution is -0.120. The Kier molecular flexibility index (Phi) is 6.52. The predicted octanol–water partition coefficient (Wildman–Crippen LogP) is 1.63. The molecule has 0 aliphatic carbocycles. The quantitative estimate of drug-likeness (QED) is 0.525. The van der Waals surface area contributed by atoms with Gasteiger partial charge in [0.2, 0.25) is 5.91 Å². The first-order chi connectivity index (χ1) is 9.93. The summed E-state index contributed by atoms with van der Waals surface area (Å²) in [4.78, 5) is 23.0. The molecule has 0 bridgehead atoms. The van der Waals surface area contributed by atoms with Crippen LogP contribution in [-0.2, 0) is 9.53 Å². The maximum absolute atomic E-state index is 11.6. The number of nitrogen functional groups attached to an aromatic ring is 1. The van der Waals surface area contributed by atoms with Gasteiger partial charge in [0.15, 0.2) is 0 Å². The van der Waals surface area contributed by atoms with Gasteiger partial charge < -0.3 is 21.1 Å². The van der Waals surface area contributed by atoms with Gasteiger partial charge in [-0.3, -0.25) is 4.79 Å². The van der Waals surface area contributed by atoms with Crippen LogP contribution in [0.1, 0.15) is 30.6 Å². The molecule has 0 aromatic heterocycles. The van der Waals surface area contributed by atoms with Crippen molar-refractivity contribution in [2.75, 3.05) is 31.2 Å². The Morgan fingerprint density at radius 2 is 2.05 bits per heavy atom. The minimum atomic E-state index is -0.423. The standard InChI is InChI=1S/C15H23N3O3/c1-10(2)9-18-14(19)6-7-17-13-8-11(15(20)21-3)4-5-12(13)16/h4-5,8,10,17H,6-7,9,16H2,1-3H3,(H,18,19). The van der Waals surface area contributed by atoms with Crippen molar-refractivity contribution in [2.24, 2.45) is 5.92 Å². The molecule has 21 heavy (non-hydrogen) atoms. The van der Waals surface area contributed by atoms with Crippen molar-refractivity contribution in [3.63, 3.8) is 0 Å². The van der Waals surface area contributed by atoms with Crippen LogP contribution in [0.5, 0.6) is 0 Å². The molecule has 1 amide bonds. The van der Waals surface area contributed by atoms with E-state index in [9.17, 15) is 9.59 Å². The van der Waals surface area contributed by atoms with Gasteiger partial charge in [-0.15, -0.1) is 0 Å². The van der Waals surface area contributed by atoms with Gasteiger partial charge in [0.05, 0.1) is 24.0 Å². The summed E-state index contributed by atoms with van der Waals surface area (Å²) in [5, 5.41) is 5.89. The smallest absolute Gasteiger partial charge is 0.337 e. The predicted molar refractivity (Wildman–Crippen MR) is 83.1 cm³/mol. The van der Waals surface area contributed by atoms with Crippen LogP contribution in [-0.4, -0.2) is 32.1 Å². The summed E-state index contributed by atoms with van der Waals surface area (Å²) in [5.74, 6) is -0.0130. The molecule has 1 aromatic rings. The normalized spacial score (nSPS) is 10.3. The van der Waals surface area contributed by atoms with Gasteiger partial charge in [0.1, 0.15) is 0 Å². The van der Waals surface area contributed by atoms with Crippen LogP contribution >= 0.6 is 0 Å². The van der Waals surface area contributed by atoms with E-state index in [0.717, 1.165) is 0 Å². The molecule has 0 fully saturated rings. The van der Waals surface area contributed by atoms with Gasteiger partial charge >= 0.3 is 5.97 Å². The molecule has 1 aromatic carbocycles. The third kappa shape index (κ3) is 5.72. The maximum atomic E-state index is 11.6. The lowest BCUT2D eigenvalue weighted by Crippen LogP contribution is -2.28.